The Morgan fingerprint density at radius 2 is 2.33 bits per heavy atom. The Balaban J connectivity index is 2.53. The maximum atomic E-state index is 11.6. The van der Waals surface area contributed by atoms with Crippen molar-refractivity contribution in [2.24, 2.45) is 0 Å². The predicted octanol–water partition coefficient (Wildman–Crippen LogP) is 2.07. The molecule has 0 aliphatic carbocycles. The fourth-order valence-electron chi connectivity index (χ4n) is 2.64. The number of carbonyl (C=O) groups excluding carboxylic acids is 1. The summed E-state index contributed by atoms with van der Waals surface area (Å²) in [5.41, 5.74) is 0.220. The van der Waals surface area contributed by atoms with E-state index in [0.717, 1.165) is 10.0 Å². The van der Waals surface area contributed by atoms with Crippen LogP contribution in [0.25, 0.3) is 0 Å². The first-order valence-electron chi connectivity index (χ1n) is 5.78. The number of nitrogens with one attached hydrogen (secondary N) is 1. The van der Waals surface area contributed by atoms with Gasteiger partial charge in [-0.2, -0.15) is 0 Å². The minimum atomic E-state index is -0.984. The quantitative estimate of drug-likeness (QED) is 0.898. The Hall–Kier alpha value is -1.36. The molecular formula is C13H14BrNO3. The van der Waals surface area contributed by atoms with Gasteiger partial charge in [0.05, 0.1) is 0 Å². The first-order valence-corrected chi connectivity index (χ1v) is 6.57. The number of benzene rings is 1. The number of aliphatic carboxylic acids is 1. The van der Waals surface area contributed by atoms with E-state index in [1.807, 2.05) is 31.2 Å². The van der Waals surface area contributed by atoms with Gasteiger partial charge in [-0.1, -0.05) is 35.0 Å². The van der Waals surface area contributed by atoms with Crippen molar-refractivity contribution >= 4 is 27.8 Å². The van der Waals surface area contributed by atoms with Gasteiger partial charge in [-0.05, 0) is 24.1 Å². The number of amides is 1. The van der Waals surface area contributed by atoms with E-state index in [2.05, 4.69) is 21.2 Å². The fraction of sp³-hybridized carbons (Fsp3) is 0.385. The van der Waals surface area contributed by atoms with Gasteiger partial charge in [-0.3, -0.25) is 4.79 Å². The van der Waals surface area contributed by atoms with Crippen LogP contribution in [0.15, 0.2) is 28.7 Å². The van der Waals surface area contributed by atoms with E-state index in [1.165, 1.54) is 0 Å². The second kappa shape index (κ2) is 4.72. The zero-order chi connectivity index (χ0) is 13.3. The van der Waals surface area contributed by atoms with Gasteiger partial charge in [0, 0.05) is 16.3 Å². The summed E-state index contributed by atoms with van der Waals surface area (Å²) in [6.07, 6.45) is 0.816. The Kier molecular flexibility index (Phi) is 3.43. The van der Waals surface area contributed by atoms with Crippen molar-refractivity contribution in [3.05, 3.63) is 34.3 Å². The molecule has 1 aliphatic rings. The summed E-state index contributed by atoms with van der Waals surface area (Å²) in [6, 6.07) is 6.65. The molecule has 1 heterocycles. The average Bonchev–Trinajstić information content (AvgIpc) is 2.68. The number of hydrogen-bond acceptors (Lipinski definition) is 2. The maximum absolute atomic E-state index is 11.6. The van der Waals surface area contributed by atoms with E-state index in [4.69, 9.17) is 0 Å². The highest BCUT2D eigenvalue weighted by atomic mass is 79.9. The zero-order valence-electron chi connectivity index (χ0n) is 9.94. The van der Waals surface area contributed by atoms with Crippen molar-refractivity contribution in [3.63, 3.8) is 0 Å². The molecule has 0 spiro atoms. The summed E-state index contributed by atoms with van der Waals surface area (Å²) in [5, 5.41) is 11.9. The van der Waals surface area contributed by atoms with E-state index in [9.17, 15) is 14.7 Å². The lowest BCUT2D eigenvalue weighted by molar-refractivity contribution is -0.141. The molecule has 1 aromatic rings. The average molecular weight is 312 g/mol. The highest BCUT2D eigenvalue weighted by Gasteiger charge is 2.50. The number of hydrogen-bond donors (Lipinski definition) is 2. The third-order valence-corrected chi connectivity index (χ3v) is 4.10. The molecule has 4 nitrogen and oxygen atoms in total. The molecule has 1 saturated heterocycles. The lowest BCUT2D eigenvalue weighted by atomic mass is 9.72. The number of halogens is 1. The summed E-state index contributed by atoms with van der Waals surface area (Å²) in [5.74, 6) is -1.19. The Bertz CT molecular complexity index is 503. The summed E-state index contributed by atoms with van der Waals surface area (Å²) in [4.78, 5) is 23.0. The van der Waals surface area contributed by atoms with Gasteiger partial charge in [0.2, 0.25) is 5.91 Å². The molecule has 0 aromatic heterocycles. The Morgan fingerprint density at radius 3 is 2.89 bits per heavy atom. The van der Waals surface area contributed by atoms with Gasteiger partial charge >= 0.3 is 5.97 Å². The molecule has 0 saturated carbocycles. The normalized spacial score (nSPS) is 27.0. The van der Waals surface area contributed by atoms with E-state index >= 15 is 0 Å². The van der Waals surface area contributed by atoms with Crippen LogP contribution in [0.5, 0.6) is 0 Å². The van der Waals surface area contributed by atoms with E-state index in [0.29, 0.717) is 6.42 Å². The summed E-state index contributed by atoms with van der Waals surface area (Å²) in [7, 11) is 0. The van der Waals surface area contributed by atoms with Crippen LogP contribution in [0, 0.1) is 0 Å². The Labute approximate surface area is 114 Å². The third-order valence-electron chi connectivity index (χ3n) is 3.61. The summed E-state index contributed by atoms with van der Waals surface area (Å²) >= 11 is 3.38. The molecule has 2 atom stereocenters. The molecular weight excluding hydrogens is 298 g/mol. The number of rotatable bonds is 3. The largest absolute Gasteiger partial charge is 0.480 e. The van der Waals surface area contributed by atoms with Crippen LogP contribution >= 0.6 is 15.9 Å². The minimum absolute atomic E-state index is 0.204. The van der Waals surface area contributed by atoms with Crippen LogP contribution in [0.4, 0.5) is 0 Å². The molecule has 96 valence electrons. The predicted molar refractivity (Wildman–Crippen MR) is 70.3 cm³/mol. The summed E-state index contributed by atoms with van der Waals surface area (Å²) < 4.78 is 0.885. The monoisotopic (exact) mass is 311 g/mol. The molecule has 0 radical (unpaired) electrons. The molecule has 1 aromatic carbocycles. The lowest BCUT2D eigenvalue weighted by Crippen LogP contribution is -2.46. The number of carbonyl (C=O) groups is 2. The van der Waals surface area contributed by atoms with Gasteiger partial charge in [-0.15, -0.1) is 0 Å². The Morgan fingerprint density at radius 1 is 1.61 bits per heavy atom. The van der Waals surface area contributed by atoms with Gasteiger partial charge in [0.15, 0.2) is 0 Å². The van der Waals surface area contributed by atoms with Gasteiger partial charge < -0.3 is 10.4 Å². The molecule has 0 bridgehead atoms. The van der Waals surface area contributed by atoms with Gasteiger partial charge in [-0.25, -0.2) is 4.79 Å². The van der Waals surface area contributed by atoms with E-state index in [-0.39, 0.29) is 12.3 Å². The van der Waals surface area contributed by atoms with E-state index in [1.54, 1.807) is 0 Å². The first-order chi connectivity index (χ1) is 8.49. The first kappa shape index (κ1) is 13.1. The number of carboxylic acids is 1. The van der Waals surface area contributed by atoms with Crippen molar-refractivity contribution in [1.29, 1.82) is 0 Å². The molecule has 2 rings (SSSR count). The number of carboxylic acid groups (broad SMARTS) is 1. The van der Waals surface area contributed by atoms with Gasteiger partial charge in [0.1, 0.15) is 6.04 Å². The smallest absolute Gasteiger partial charge is 0.327 e. The summed E-state index contributed by atoms with van der Waals surface area (Å²) in [6.45, 7) is 1.91. The standard InChI is InChI=1S/C13H14BrNO3/c1-2-13(8-4-3-5-9(14)6-8)7-10(16)15-11(13)12(17)18/h3-6,11H,2,7H2,1H3,(H,15,16)(H,17,18). The van der Waals surface area contributed by atoms with E-state index < -0.39 is 17.4 Å². The minimum Gasteiger partial charge on any atom is -0.480 e. The zero-order valence-corrected chi connectivity index (χ0v) is 11.5. The molecule has 5 heteroatoms. The maximum Gasteiger partial charge on any atom is 0.327 e. The third kappa shape index (κ3) is 2.03. The van der Waals surface area contributed by atoms with Crippen LogP contribution in [0.2, 0.25) is 0 Å². The van der Waals surface area contributed by atoms with Crippen molar-refractivity contribution < 1.29 is 14.7 Å². The molecule has 2 unspecified atom stereocenters. The fourth-order valence-corrected chi connectivity index (χ4v) is 3.04. The molecule has 2 N–H and O–H groups in total. The molecule has 1 fully saturated rings. The van der Waals surface area contributed by atoms with Crippen molar-refractivity contribution in [2.45, 2.75) is 31.2 Å². The van der Waals surface area contributed by atoms with Crippen LogP contribution in [-0.4, -0.2) is 23.0 Å². The van der Waals surface area contributed by atoms with Crippen LogP contribution in [-0.2, 0) is 15.0 Å². The van der Waals surface area contributed by atoms with Crippen LogP contribution in [0.1, 0.15) is 25.3 Å². The lowest BCUT2D eigenvalue weighted by Gasteiger charge is -2.31. The SMILES string of the molecule is CCC1(c2cccc(Br)c2)CC(=O)NC1C(=O)O. The van der Waals surface area contributed by atoms with Gasteiger partial charge in [0.25, 0.3) is 0 Å². The topological polar surface area (TPSA) is 66.4 Å². The van der Waals surface area contributed by atoms with Crippen LogP contribution in [0.3, 0.4) is 0 Å². The van der Waals surface area contributed by atoms with Crippen molar-refractivity contribution in [1.82, 2.24) is 5.32 Å². The molecule has 18 heavy (non-hydrogen) atoms. The highest BCUT2D eigenvalue weighted by Crippen LogP contribution is 2.40. The molecule has 1 amide bonds. The van der Waals surface area contributed by atoms with Crippen molar-refractivity contribution in [2.75, 3.05) is 0 Å². The highest BCUT2D eigenvalue weighted by molar-refractivity contribution is 9.10. The molecule has 1 aliphatic heterocycles. The van der Waals surface area contributed by atoms with Crippen molar-refractivity contribution in [3.8, 4) is 0 Å². The van der Waals surface area contributed by atoms with Crippen LogP contribution < -0.4 is 5.32 Å². The second-order valence-electron chi connectivity index (χ2n) is 4.54. The second-order valence-corrected chi connectivity index (χ2v) is 5.45.